The molecule has 3 aromatic rings. The highest BCUT2D eigenvalue weighted by Gasteiger charge is 2.48. The molecule has 2 aromatic heterocycles. The maximum Gasteiger partial charge on any atom is 0.363 e. The molecule has 15 heteroatoms. The number of amides is 3. The number of hydrogen-bond donors (Lipinski definition) is 4. The maximum absolute atomic E-state index is 14.2. The Labute approximate surface area is 243 Å². The summed E-state index contributed by atoms with van der Waals surface area (Å²) in [6.45, 7) is 0.834. The summed E-state index contributed by atoms with van der Waals surface area (Å²) in [7, 11) is -3.34. The monoisotopic (exact) mass is 619 g/mol. The fourth-order valence-electron chi connectivity index (χ4n) is 6.32. The van der Waals surface area contributed by atoms with E-state index in [1.807, 2.05) is 0 Å². The zero-order chi connectivity index (χ0) is 29.9. The average Bonchev–Trinajstić information content (AvgIpc) is 3.60. The van der Waals surface area contributed by atoms with E-state index in [1.165, 1.54) is 28.9 Å². The van der Waals surface area contributed by atoms with Crippen LogP contribution in [0.5, 0.6) is 0 Å². The van der Waals surface area contributed by atoms with Crippen molar-refractivity contribution < 1.29 is 33.1 Å². The highest BCUT2D eigenvalue weighted by atomic mass is 32.1. The zero-order valence-electron chi connectivity index (χ0n) is 22.7. The number of halogens is 1. The van der Waals surface area contributed by atoms with Crippen molar-refractivity contribution in [1.82, 2.24) is 24.9 Å². The molecule has 1 aromatic carbocycles. The number of rotatable bonds is 6. The van der Waals surface area contributed by atoms with Crippen LogP contribution in [0.1, 0.15) is 64.7 Å². The minimum absolute atomic E-state index is 0.0482. The fraction of sp³-hybridized carbons (Fsp3) is 0.481. The second-order valence-corrected chi connectivity index (χ2v) is 14.0. The van der Waals surface area contributed by atoms with Crippen LogP contribution in [0.3, 0.4) is 0 Å². The van der Waals surface area contributed by atoms with E-state index < -0.39 is 31.5 Å². The first-order chi connectivity index (χ1) is 19.9. The summed E-state index contributed by atoms with van der Waals surface area (Å²) in [5.41, 5.74) is 0.351. The van der Waals surface area contributed by atoms with Crippen molar-refractivity contribution in [2.45, 2.75) is 62.1 Å². The topological polar surface area (TPSA) is 165 Å². The number of H-pyrrole nitrogens is 1. The molecule has 12 nitrogen and oxygen atoms in total. The Hall–Kier alpha value is -3.32. The Bertz CT molecular complexity index is 1670. The van der Waals surface area contributed by atoms with Gasteiger partial charge in [0.25, 0.3) is 11.5 Å². The predicted molar refractivity (Wildman–Crippen MR) is 152 cm³/mol. The number of alkyl halides is 1. The molecule has 6 rings (SSSR count). The molecular weight excluding hydrogens is 588 g/mol. The number of benzene rings is 1. The van der Waals surface area contributed by atoms with Gasteiger partial charge < -0.3 is 30.0 Å². The number of fused-ring (bicyclic) bond motifs is 2. The zero-order valence-corrected chi connectivity index (χ0v) is 24.4. The van der Waals surface area contributed by atoms with Crippen LogP contribution >= 0.6 is 18.9 Å². The van der Waals surface area contributed by atoms with Crippen molar-refractivity contribution in [3.63, 3.8) is 0 Å². The fourth-order valence-corrected chi connectivity index (χ4v) is 7.82. The van der Waals surface area contributed by atoms with Crippen LogP contribution in [0, 0.1) is 0 Å². The molecule has 1 unspecified atom stereocenters. The minimum Gasteiger partial charge on any atom is -0.340 e. The molecule has 0 spiro atoms. The molecule has 3 saturated heterocycles. The lowest BCUT2D eigenvalue weighted by molar-refractivity contribution is -0.148. The number of likely N-dealkylation sites (tertiary alicyclic amines) is 1. The van der Waals surface area contributed by atoms with Crippen LogP contribution in [-0.4, -0.2) is 78.3 Å². The van der Waals surface area contributed by atoms with Gasteiger partial charge in [-0.1, -0.05) is 6.07 Å². The summed E-state index contributed by atoms with van der Waals surface area (Å²) in [5.74, 6) is -3.42. The van der Waals surface area contributed by atoms with Crippen LogP contribution in [0.15, 0.2) is 35.3 Å². The van der Waals surface area contributed by atoms with E-state index >= 15 is 0 Å². The highest BCUT2D eigenvalue weighted by Crippen LogP contribution is 2.53. The number of nitrogens with one attached hydrogen (secondary N) is 2. The number of nitrogens with zero attached hydrogens (tertiary/aromatic N) is 3. The Balaban J connectivity index is 1.14. The summed E-state index contributed by atoms with van der Waals surface area (Å²) in [6.07, 6.45) is 4.80. The third-order valence-corrected chi connectivity index (χ3v) is 10.6. The van der Waals surface area contributed by atoms with Crippen molar-refractivity contribution in [2.75, 3.05) is 13.1 Å². The minimum atomic E-state index is -4.98. The second-order valence-electron chi connectivity index (χ2n) is 11.3. The molecule has 0 bridgehead atoms. The van der Waals surface area contributed by atoms with Crippen LogP contribution in [0.2, 0.25) is 0 Å². The van der Waals surface area contributed by atoms with E-state index in [0.717, 1.165) is 17.8 Å². The third kappa shape index (κ3) is 5.10. The molecule has 42 heavy (non-hydrogen) atoms. The first-order valence-corrected chi connectivity index (χ1v) is 16.3. The van der Waals surface area contributed by atoms with Gasteiger partial charge in [0.15, 0.2) is 0 Å². The smallest absolute Gasteiger partial charge is 0.340 e. The van der Waals surface area contributed by atoms with Gasteiger partial charge in [-0.25, -0.2) is 4.39 Å². The number of aryl methyl sites for hydroxylation is 1. The van der Waals surface area contributed by atoms with Gasteiger partial charge in [-0.15, -0.1) is 11.3 Å². The summed E-state index contributed by atoms with van der Waals surface area (Å²) < 4.78 is 27.5. The third-order valence-electron chi connectivity index (χ3n) is 8.61. The predicted octanol–water partition coefficient (Wildman–Crippen LogP) is 2.34. The summed E-state index contributed by atoms with van der Waals surface area (Å²) in [6, 6.07) is 4.10. The van der Waals surface area contributed by atoms with E-state index in [4.69, 9.17) is 0 Å². The van der Waals surface area contributed by atoms with Gasteiger partial charge in [-0.05, 0) is 61.3 Å². The molecule has 0 radical (unpaired) electrons. The van der Waals surface area contributed by atoms with Gasteiger partial charge >= 0.3 is 7.60 Å². The van der Waals surface area contributed by atoms with E-state index in [2.05, 4.69) is 10.4 Å². The Morgan fingerprint density at radius 3 is 2.60 bits per heavy atom. The van der Waals surface area contributed by atoms with Gasteiger partial charge in [0, 0.05) is 48.6 Å². The number of hydrogen-bond acceptors (Lipinski definition) is 6. The average molecular weight is 620 g/mol. The molecular formula is C27H31FN5O7PS. The molecule has 5 heterocycles. The lowest BCUT2D eigenvalue weighted by atomic mass is 9.92. The number of carbonyl (C=O) groups is 3. The first-order valence-electron chi connectivity index (χ1n) is 13.8. The standard InChI is InChI=1S/C27H31FN5O7PS/c1-31-25(35)18(11-29-31)16-12-32(13-16)27(37)20-7-6-17-3-2-4-19(26(36)33(17)20)30-24(34)22-10-15-9-14(5-8-21(15)42-22)23(28)41(38,39)40/h5,8-11,16-17,19-20,23,29H,2-4,6-7,12-13H2,1H3,(H,30,34)(H2,38,39,40)/t17-,19-,20-,23?/m0/s1. The number of aromatic nitrogens is 2. The number of aromatic amines is 1. The van der Waals surface area contributed by atoms with Crippen LogP contribution in [-0.2, 0) is 21.2 Å². The molecule has 0 saturated carbocycles. The van der Waals surface area contributed by atoms with Crippen LogP contribution in [0.4, 0.5) is 4.39 Å². The van der Waals surface area contributed by atoms with Gasteiger partial charge in [0.05, 0.1) is 4.88 Å². The Morgan fingerprint density at radius 2 is 1.90 bits per heavy atom. The summed E-state index contributed by atoms with van der Waals surface area (Å²) in [4.78, 5) is 74.7. The van der Waals surface area contributed by atoms with Gasteiger partial charge in [-0.2, -0.15) is 0 Å². The molecule has 3 fully saturated rings. The maximum atomic E-state index is 14.2. The van der Waals surface area contributed by atoms with Gasteiger partial charge in [0.1, 0.15) is 12.1 Å². The van der Waals surface area contributed by atoms with E-state index in [1.54, 1.807) is 23.0 Å². The SMILES string of the molecule is Cn1[nH]cc(C2CN(C(=O)[C@@H]3CC[C@@H]4CCC[C@H](NC(=O)c5cc6cc(C(F)P(=O)(O)O)ccc6s5)C(=O)N43)C2)c1=O. The normalized spacial score (nSPS) is 23.9. The van der Waals surface area contributed by atoms with Crippen molar-refractivity contribution in [1.29, 1.82) is 0 Å². The molecule has 3 aliphatic heterocycles. The largest absolute Gasteiger partial charge is 0.363 e. The molecule has 4 atom stereocenters. The molecule has 3 aliphatic rings. The van der Waals surface area contributed by atoms with Crippen molar-refractivity contribution in [3.8, 4) is 0 Å². The van der Waals surface area contributed by atoms with Crippen molar-refractivity contribution in [3.05, 3.63) is 56.8 Å². The van der Waals surface area contributed by atoms with Gasteiger partial charge in [0.2, 0.25) is 17.7 Å². The number of thiophene rings is 1. The van der Waals surface area contributed by atoms with E-state index in [9.17, 15) is 37.9 Å². The quantitative estimate of drug-likeness (QED) is 0.308. The molecule has 3 amide bonds. The van der Waals surface area contributed by atoms with Crippen LogP contribution < -0.4 is 10.9 Å². The van der Waals surface area contributed by atoms with Crippen molar-refractivity contribution in [2.24, 2.45) is 7.05 Å². The number of carbonyl (C=O) groups excluding carboxylic acids is 3. The lowest BCUT2D eigenvalue weighted by Gasteiger charge is -2.42. The highest BCUT2D eigenvalue weighted by molar-refractivity contribution is 7.51. The summed E-state index contributed by atoms with van der Waals surface area (Å²) in [5, 5.41) is 6.15. The molecule has 4 N–H and O–H groups in total. The summed E-state index contributed by atoms with van der Waals surface area (Å²) >= 11 is 1.13. The van der Waals surface area contributed by atoms with Gasteiger partial charge in [-0.3, -0.25) is 28.4 Å². The van der Waals surface area contributed by atoms with E-state index in [-0.39, 0.29) is 39.8 Å². The van der Waals surface area contributed by atoms with E-state index in [0.29, 0.717) is 54.4 Å². The first kappa shape index (κ1) is 28.8. The molecule has 224 valence electrons. The Kier molecular flexibility index (Phi) is 7.37. The van der Waals surface area contributed by atoms with Crippen LogP contribution in [0.25, 0.3) is 10.1 Å². The Morgan fingerprint density at radius 1 is 1.14 bits per heavy atom. The second kappa shape index (κ2) is 10.7. The molecule has 0 aliphatic carbocycles. The van der Waals surface area contributed by atoms with Crippen molar-refractivity contribution >= 4 is 46.7 Å². The lowest BCUT2D eigenvalue weighted by Crippen LogP contribution is -2.58.